The number of fused-ring (bicyclic) bond motifs is 1. The Bertz CT molecular complexity index is 1650. The lowest BCUT2D eigenvalue weighted by Gasteiger charge is -2.20. The zero-order valence-corrected chi connectivity index (χ0v) is 20.3. The molecule has 0 radical (unpaired) electrons. The number of hydrogen-bond acceptors (Lipinski definition) is 6. The average molecular weight is 498 g/mol. The zero-order valence-electron chi connectivity index (χ0n) is 19.5. The lowest BCUT2D eigenvalue weighted by atomic mass is 10.0. The SMILES string of the molecule is CN(Cc1ccccc1)S(=O)(=O)c1cccc(C(CC#N)n2cc(-c3ncnc4[nH]ccc34)cn2)c1. The van der Waals surface area contributed by atoms with E-state index in [1.54, 1.807) is 42.3 Å². The maximum atomic E-state index is 13.3. The summed E-state index contributed by atoms with van der Waals surface area (Å²) in [7, 11) is -2.19. The molecule has 0 aliphatic carbocycles. The van der Waals surface area contributed by atoms with Crippen molar-refractivity contribution in [3.05, 3.63) is 96.7 Å². The quantitative estimate of drug-likeness (QED) is 0.344. The van der Waals surface area contributed by atoms with E-state index >= 15 is 0 Å². The second-order valence-electron chi connectivity index (χ2n) is 8.37. The molecule has 0 amide bonds. The minimum absolute atomic E-state index is 0.119. The first-order valence-electron chi connectivity index (χ1n) is 11.3. The largest absolute Gasteiger partial charge is 0.346 e. The molecule has 0 spiro atoms. The highest BCUT2D eigenvalue weighted by atomic mass is 32.2. The second kappa shape index (κ2) is 9.73. The second-order valence-corrected chi connectivity index (χ2v) is 10.4. The summed E-state index contributed by atoms with van der Waals surface area (Å²) in [4.78, 5) is 11.9. The van der Waals surface area contributed by atoms with Gasteiger partial charge in [0.25, 0.3) is 0 Å². The predicted octanol–water partition coefficient (Wildman–Crippen LogP) is 4.15. The van der Waals surface area contributed by atoms with Crippen LogP contribution in [-0.4, -0.2) is 44.5 Å². The number of aromatic amines is 1. The van der Waals surface area contributed by atoms with Crippen LogP contribution < -0.4 is 0 Å². The Morgan fingerprint density at radius 2 is 1.94 bits per heavy atom. The number of rotatable bonds is 8. The van der Waals surface area contributed by atoms with Crippen LogP contribution in [0.3, 0.4) is 0 Å². The molecule has 2 aromatic carbocycles. The summed E-state index contributed by atoms with van der Waals surface area (Å²) in [6, 6.07) is 19.8. The molecule has 1 unspecified atom stereocenters. The van der Waals surface area contributed by atoms with E-state index in [1.807, 2.05) is 48.7 Å². The lowest BCUT2D eigenvalue weighted by Crippen LogP contribution is -2.26. The van der Waals surface area contributed by atoms with Crippen molar-refractivity contribution in [2.45, 2.75) is 23.9 Å². The van der Waals surface area contributed by atoms with E-state index in [2.05, 4.69) is 26.1 Å². The summed E-state index contributed by atoms with van der Waals surface area (Å²) in [5.74, 6) is 0. The Morgan fingerprint density at radius 3 is 2.75 bits per heavy atom. The van der Waals surface area contributed by atoms with Gasteiger partial charge in [0.05, 0.1) is 35.3 Å². The van der Waals surface area contributed by atoms with E-state index in [4.69, 9.17) is 0 Å². The normalized spacial score (nSPS) is 12.6. The summed E-state index contributed by atoms with van der Waals surface area (Å²) >= 11 is 0. The fourth-order valence-electron chi connectivity index (χ4n) is 4.17. The first-order valence-corrected chi connectivity index (χ1v) is 12.7. The van der Waals surface area contributed by atoms with Gasteiger partial charge in [0.2, 0.25) is 10.0 Å². The first kappa shape index (κ1) is 23.4. The smallest absolute Gasteiger partial charge is 0.243 e. The molecule has 1 atom stereocenters. The highest BCUT2D eigenvalue weighted by Gasteiger charge is 2.24. The van der Waals surface area contributed by atoms with Gasteiger partial charge in [-0.1, -0.05) is 42.5 Å². The van der Waals surface area contributed by atoms with E-state index in [1.165, 1.54) is 10.6 Å². The van der Waals surface area contributed by atoms with E-state index in [0.717, 1.165) is 27.9 Å². The monoisotopic (exact) mass is 497 g/mol. The molecule has 0 bridgehead atoms. The van der Waals surface area contributed by atoms with Gasteiger partial charge in [0, 0.05) is 36.9 Å². The summed E-state index contributed by atoms with van der Waals surface area (Å²) in [5.41, 5.74) is 3.79. The number of hydrogen-bond donors (Lipinski definition) is 1. The third kappa shape index (κ3) is 4.49. The topological polar surface area (TPSA) is 121 Å². The number of nitrogens with one attached hydrogen (secondary N) is 1. The minimum Gasteiger partial charge on any atom is -0.346 e. The van der Waals surface area contributed by atoms with Crippen molar-refractivity contribution < 1.29 is 8.42 Å². The van der Waals surface area contributed by atoms with Gasteiger partial charge < -0.3 is 4.98 Å². The molecule has 0 aliphatic heterocycles. The summed E-state index contributed by atoms with van der Waals surface area (Å²) in [6.45, 7) is 0.254. The Hall–Kier alpha value is -4.33. The van der Waals surface area contributed by atoms with Crippen LogP contribution in [-0.2, 0) is 16.6 Å². The van der Waals surface area contributed by atoms with Gasteiger partial charge in [-0.05, 0) is 29.3 Å². The van der Waals surface area contributed by atoms with Crippen molar-refractivity contribution in [1.29, 1.82) is 5.26 Å². The third-order valence-electron chi connectivity index (χ3n) is 6.03. The van der Waals surface area contributed by atoms with Gasteiger partial charge in [-0.3, -0.25) is 4.68 Å². The fraction of sp³-hybridized carbons (Fsp3) is 0.154. The maximum Gasteiger partial charge on any atom is 0.243 e. The van der Waals surface area contributed by atoms with E-state index in [-0.39, 0.29) is 17.9 Å². The molecule has 9 nitrogen and oxygen atoms in total. The summed E-state index contributed by atoms with van der Waals surface area (Å²) in [5, 5.41) is 14.9. The number of sulfonamides is 1. The van der Waals surface area contributed by atoms with Gasteiger partial charge >= 0.3 is 0 Å². The van der Waals surface area contributed by atoms with Crippen LogP contribution in [0.5, 0.6) is 0 Å². The number of benzene rings is 2. The first-order chi connectivity index (χ1) is 17.5. The molecule has 10 heteroatoms. The highest BCUT2D eigenvalue weighted by molar-refractivity contribution is 7.89. The van der Waals surface area contributed by atoms with Crippen LogP contribution >= 0.6 is 0 Å². The standard InChI is InChI=1S/C26H23N7O2S/c1-32(16-19-6-3-2-4-7-19)36(34,35)22-9-5-8-20(14-22)24(10-12-27)33-17-21(15-31-33)25-23-11-13-28-26(23)30-18-29-25/h2-9,11,13-15,17-18,24H,10,16H2,1H3,(H,28,29,30). The number of nitriles is 1. The Kier molecular flexibility index (Phi) is 6.33. The van der Waals surface area contributed by atoms with Crippen molar-refractivity contribution in [1.82, 2.24) is 29.0 Å². The molecule has 0 aliphatic rings. The molecule has 1 N–H and O–H groups in total. The van der Waals surface area contributed by atoms with Crippen LogP contribution in [0.1, 0.15) is 23.6 Å². The maximum absolute atomic E-state index is 13.3. The van der Waals surface area contributed by atoms with E-state index in [9.17, 15) is 13.7 Å². The Labute approximate surface area is 208 Å². The molecule has 180 valence electrons. The molecule has 5 rings (SSSR count). The number of H-pyrrole nitrogens is 1. The van der Waals surface area contributed by atoms with Gasteiger partial charge in [0.1, 0.15) is 12.0 Å². The van der Waals surface area contributed by atoms with Gasteiger partial charge in [-0.2, -0.15) is 14.7 Å². The molecule has 36 heavy (non-hydrogen) atoms. The van der Waals surface area contributed by atoms with E-state index in [0.29, 0.717) is 5.56 Å². The predicted molar refractivity (Wildman–Crippen MR) is 135 cm³/mol. The highest BCUT2D eigenvalue weighted by Crippen LogP contribution is 2.29. The number of nitrogens with zero attached hydrogens (tertiary/aromatic N) is 6. The lowest BCUT2D eigenvalue weighted by molar-refractivity contribution is 0.466. The average Bonchev–Trinajstić information content (AvgIpc) is 3.58. The molecule has 0 fully saturated rings. The van der Waals surface area contributed by atoms with Crippen LogP contribution in [0.25, 0.3) is 22.3 Å². The van der Waals surface area contributed by atoms with Crippen molar-refractivity contribution in [2.75, 3.05) is 7.05 Å². The van der Waals surface area contributed by atoms with Crippen LogP contribution in [0.2, 0.25) is 0 Å². The summed E-state index contributed by atoms with van der Waals surface area (Å²) in [6.07, 6.45) is 6.91. The molecule has 0 saturated carbocycles. The van der Waals surface area contributed by atoms with Crippen molar-refractivity contribution in [3.63, 3.8) is 0 Å². The van der Waals surface area contributed by atoms with Crippen molar-refractivity contribution in [2.24, 2.45) is 0 Å². The van der Waals surface area contributed by atoms with Crippen LogP contribution in [0.15, 0.2) is 90.5 Å². The Morgan fingerprint density at radius 1 is 1.11 bits per heavy atom. The molecule has 3 aromatic heterocycles. The van der Waals surface area contributed by atoms with Gasteiger partial charge in [-0.25, -0.2) is 18.4 Å². The van der Waals surface area contributed by atoms with Crippen molar-refractivity contribution >= 4 is 21.1 Å². The third-order valence-corrected chi connectivity index (χ3v) is 7.83. The van der Waals surface area contributed by atoms with Crippen LogP contribution in [0, 0.1) is 11.3 Å². The molecular formula is C26H23N7O2S. The van der Waals surface area contributed by atoms with E-state index < -0.39 is 16.1 Å². The van der Waals surface area contributed by atoms with Gasteiger partial charge in [0.15, 0.2) is 0 Å². The number of aromatic nitrogens is 5. The molecule has 0 saturated heterocycles. The molecule has 3 heterocycles. The Balaban J connectivity index is 1.46. The molecule has 5 aromatic rings. The van der Waals surface area contributed by atoms with Gasteiger partial charge in [-0.15, -0.1) is 0 Å². The van der Waals surface area contributed by atoms with Crippen LogP contribution in [0.4, 0.5) is 0 Å². The zero-order chi connectivity index (χ0) is 25.1. The summed E-state index contributed by atoms with van der Waals surface area (Å²) < 4.78 is 29.6. The minimum atomic E-state index is -3.75. The fourth-order valence-corrected chi connectivity index (χ4v) is 5.39. The molecular weight excluding hydrogens is 474 g/mol. The van der Waals surface area contributed by atoms with Crippen molar-refractivity contribution in [3.8, 4) is 17.3 Å².